The van der Waals surface area contributed by atoms with Crippen molar-refractivity contribution in [2.45, 2.75) is 13.3 Å². The number of ketones is 1. The van der Waals surface area contributed by atoms with E-state index in [1.54, 1.807) is 25.4 Å². The molecule has 0 aliphatic rings. The van der Waals surface area contributed by atoms with Crippen molar-refractivity contribution in [2.24, 2.45) is 0 Å². The van der Waals surface area contributed by atoms with Crippen LogP contribution in [0.3, 0.4) is 0 Å². The monoisotopic (exact) mass is 241 g/mol. The number of nitrogens with zero attached hydrogens (tertiary/aromatic N) is 1. The minimum Gasteiger partial charge on any atom is -0.492 e. The molecule has 1 heterocycles. The number of benzene rings is 1. The summed E-state index contributed by atoms with van der Waals surface area (Å²) in [6.07, 6.45) is 4.33. The summed E-state index contributed by atoms with van der Waals surface area (Å²) in [5.41, 5.74) is 1.80. The van der Waals surface area contributed by atoms with E-state index in [4.69, 9.17) is 4.74 Å². The Bertz CT molecular complexity index is 523. The Hall–Kier alpha value is -2.16. The fraction of sp³-hybridized carbons (Fsp3) is 0.200. The van der Waals surface area contributed by atoms with E-state index in [-0.39, 0.29) is 5.78 Å². The summed E-state index contributed by atoms with van der Waals surface area (Å²) < 4.78 is 5.66. The molecule has 92 valence electrons. The zero-order valence-corrected chi connectivity index (χ0v) is 10.3. The molecule has 0 atom stereocenters. The summed E-state index contributed by atoms with van der Waals surface area (Å²) in [7, 11) is 0. The van der Waals surface area contributed by atoms with E-state index in [1.165, 1.54) is 5.56 Å². The third kappa shape index (κ3) is 3.17. The van der Waals surface area contributed by atoms with E-state index in [9.17, 15) is 4.79 Å². The predicted octanol–water partition coefficient (Wildman–Crippen LogP) is 2.91. The average molecular weight is 241 g/mol. The Labute approximate surface area is 106 Å². The van der Waals surface area contributed by atoms with Crippen molar-refractivity contribution in [2.75, 3.05) is 6.61 Å². The van der Waals surface area contributed by atoms with Crippen LogP contribution >= 0.6 is 0 Å². The van der Waals surface area contributed by atoms with Gasteiger partial charge in [0.15, 0.2) is 5.78 Å². The molecule has 0 spiro atoms. The first kappa shape index (κ1) is 12.3. The summed E-state index contributed by atoms with van der Waals surface area (Å²) in [6, 6.07) is 11.2. The molecule has 18 heavy (non-hydrogen) atoms. The summed E-state index contributed by atoms with van der Waals surface area (Å²) in [5.74, 6) is 0.675. The molecule has 1 aromatic carbocycles. The Kier molecular flexibility index (Phi) is 4.07. The molecule has 2 rings (SSSR count). The van der Waals surface area contributed by atoms with Crippen molar-refractivity contribution in [1.82, 2.24) is 4.98 Å². The summed E-state index contributed by atoms with van der Waals surface area (Å²) >= 11 is 0. The molecule has 0 saturated carbocycles. The van der Waals surface area contributed by atoms with Crippen LogP contribution in [0.5, 0.6) is 5.75 Å². The van der Waals surface area contributed by atoms with Gasteiger partial charge in [0.25, 0.3) is 0 Å². The first-order chi connectivity index (χ1) is 8.77. The number of para-hydroxylation sites is 1. The maximum atomic E-state index is 11.4. The molecular weight excluding hydrogens is 226 g/mol. The number of pyridine rings is 1. The largest absolute Gasteiger partial charge is 0.492 e. The number of rotatable bonds is 5. The lowest BCUT2D eigenvalue weighted by atomic mass is 10.1. The van der Waals surface area contributed by atoms with Gasteiger partial charge < -0.3 is 4.74 Å². The van der Waals surface area contributed by atoms with Crippen LogP contribution in [0.1, 0.15) is 22.8 Å². The highest BCUT2D eigenvalue weighted by Gasteiger charge is 2.06. The van der Waals surface area contributed by atoms with Gasteiger partial charge in [-0.2, -0.15) is 0 Å². The van der Waals surface area contributed by atoms with Gasteiger partial charge >= 0.3 is 0 Å². The maximum Gasteiger partial charge on any atom is 0.163 e. The highest BCUT2D eigenvalue weighted by molar-refractivity contribution is 5.96. The number of hydrogen-bond donors (Lipinski definition) is 0. The van der Waals surface area contributed by atoms with Crippen molar-refractivity contribution in [3.63, 3.8) is 0 Å². The van der Waals surface area contributed by atoms with E-state index in [1.807, 2.05) is 30.3 Å². The number of Topliss-reactive ketones (excluding diaryl/α,β-unsaturated/α-hetero) is 1. The van der Waals surface area contributed by atoms with Crippen molar-refractivity contribution < 1.29 is 9.53 Å². The molecule has 0 radical (unpaired) electrons. The second kappa shape index (κ2) is 5.96. The number of carbonyl (C=O) groups excluding carboxylic acids is 1. The second-order valence-corrected chi connectivity index (χ2v) is 4.01. The van der Waals surface area contributed by atoms with Gasteiger partial charge in [-0.3, -0.25) is 9.78 Å². The highest BCUT2D eigenvalue weighted by atomic mass is 16.5. The molecule has 0 amide bonds. The number of hydrogen-bond acceptors (Lipinski definition) is 3. The van der Waals surface area contributed by atoms with E-state index in [0.29, 0.717) is 17.9 Å². The minimum atomic E-state index is 0.0227. The lowest BCUT2D eigenvalue weighted by Gasteiger charge is -2.09. The first-order valence-corrected chi connectivity index (χ1v) is 5.89. The van der Waals surface area contributed by atoms with Crippen molar-refractivity contribution in [3.05, 3.63) is 59.9 Å². The van der Waals surface area contributed by atoms with Crippen LogP contribution in [0.15, 0.2) is 48.8 Å². The zero-order valence-electron chi connectivity index (χ0n) is 10.3. The van der Waals surface area contributed by atoms with E-state index >= 15 is 0 Å². The Morgan fingerprint density at radius 3 is 2.61 bits per heavy atom. The zero-order chi connectivity index (χ0) is 12.8. The molecule has 0 N–H and O–H groups in total. The molecule has 0 saturated heterocycles. The van der Waals surface area contributed by atoms with Gasteiger partial charge in [0, 0.05) is 18.8 Å². The molecular formula is C15H15NO2. The molecule has 1 aromatic heterocycles. The lowest BCUT2D eigenvalue weighted by Crippen LogP contribution is -2.05. The Morgan fingerprint density at radius 1 is 1.17 bits per heavy atom. The topological polar surface area (TPSA) is 39.2 Å². The molecule has 0 fully saturated rings. The van der Waals surface area contributed by atoms with Crippen LogP contribution in [-0.2, 0) is 6.42 Å². The van der Waals surface area contributed by atoms with E-state index in [0.717, 1.165) is 6.42 Å². The summed E-state index contributed by atoms with van der Waals surface area (Å²) in [5, 5.41) is 0. The third-order valence-corrected chi connectivity index (χ3v) is 2.66. The van der Waals surface area contributed by atoms with E-state index in [2.05, 4.69) is 4.98 Å². The van der Waals surface area contributed by atoms with Gasteiger partial charge in [-0.15, -0.1) is 0 Å². The number of carbonyl (C=O) groups is 1. The molecule has 0 unspecified atom stereocenters. The van der Waals surface area contributed by atoms with Gasteiger partial charge in [-0.05, 0) is 36.8 Å². The van der Waals surface area contributed by atoms with E-state index < -0.39 is 0 Å². The summed E-state index contributed by atoms with van der Waals surface area (Å²) in [4.78, 5) is 15.4. The minimum absolute atomic E-state index is 0.0227. The fourth-order valence-corrected chi connectivity index (χ4v) is 1.71. The molecule has 0 bridgehead atoms. The number of aromatic nitrogens is 1. The van der Waals surface area contributed by atoms with Crippen LogP contribution < -0.4 is 4.74 Å². The normalized spacial score (nSPS) is 10.1. The van der Waals surface area contributed by atoms with Crippen molar-refractivity contribution in [3.8, 4) is 5.75 Å². The average Bonchev–Trinajstić information content (AvgIpc) is 2.40. The van der Waals surface area contributed by atoms with Crippen molar-refractivity contribution in [1.29, 1.82) is 0 Å². The molecule has 0 aliphatic heterocycles. The Balaban J connectivity index is 1.97. The molecule has 3 heteroatoms. The fourth-order valence-electron chi connectivity index (χ4n) is 1.71. The maximum absolute atomic E-state index is 11.4. The summed E-state index contributed by atoms with van der Waals surface area (Å²) in [6.45, 7) is 2.10. The van der Waals surface area contributed by atoms with Crippen LogP contribution in [0.2, 0.25) is 0 Å². The molecule has 2 aromatic rings. The Morgan fingerprint density at radius 2 is 1.89 bits per heavy atom. The number of ether oxygens (including phenoxy) is 1. The standard InChI is InChI=1S/C15H15NO2/c1-12(17)14-4-2-3-5-15(14)18-11-8-13-6-9-16-10-7-13/h2-7,9-10H,8,11H2,1H3. The van der Waals surface area contributed by atoms with Crippen LogP contribution in [0.25, 0.3) is 0 Å². The van der Waals surface area contributed by atoms with Gasteiger partial charge in [0.1, 0.15) is 5.75 Å². The molecule has 0 aliphatic carbocycles. The first-order valence-electron chi connectivity index (χ1n) is 5.89. The van der Waals surface area contributed by atoms with Crippen molar-refractivity contribution >= 4 is 5.78 Å². The van der Waals surface area contributed by atoms with Crippen LogP contribution in [0.4, 0.5) is 0 Å². The SMILES string of the molecule is CC(=O)c1ccccc1OCCc1ccncc1. The second-order valence-electron chi connectivity index (χ2n) is 4.01. The van der Waals surface area contributed by atoms with Crippen LogP contribution in [0, 0.1) is 0 Å². The quantitative estimate of drug-likeness (QED) is 0.755. The predicted molar refractivity (Wildman–Crippen MR) is 69.9 cm³/mol. The van der Waals surface area contributed by atoms with Gasteiger partial charge in [0.05, 0.1) is 12.2 Å². The lowest BCUT2D eigenvalue weighted by molar-refractivity contribution is 0.101. The smallest absolute Gasteiger partial charge is 0.163 e. The highest BCUT2D eigenvalue weighted by Crippen LogP contribution is 2.18. The van der Waals surface area contributed by atoms with Gasteiger partial charge in [-0.1, -0.05) is 12.1 Å². The van der Waals surface area contributed by atoms with Gasteiger partial charge in [0.2, 0.25) is 0 Å². The van der Waals surface area contributed by atoms with Crippen LogP contribution in [-0.4, -0.2) is 17.4 Å². The third-order valence-electron chi connectivity index (χ3n) is 2.66. The molecule has 3 nitrogen and oxygen atoms in total. The van der Waals surface area contributed by atoms with Gasteiger partial charge in [-0.25, -0.2) is 0 Å².